The van der Waals surface area contributed by atoms with Gasteiger partial charge in [0.05, 0.1) is 18.6 Å². The van der Waals surface area contributed by atoms with E-state index in [4.69, 9.17) is 0 Å². The van der Waals surface area contributed by atoms with Gasteiger partial charge in [0.1, 0.15) is 5.82 Å². The number of hydrogen-bond acceptors (Lipinski definition) is 5. The first-order valence-electron chi connectivity index (χ1n) is 8.63. The van der Waals surface area contributed by atoms with Crippen LogP contribution in [-0.4, -0.2) is 53.2 Å². The van der Waals surface area contributed by atoms with Gasteiger partial charge in [0.15, 0.2) is 0 Å². The second-order valence-corrected chi connectivity index (χ2v) is 8.25. The largest absolute Gasteiger partial charge is 0.386 e. The van der Waals surface area contributed by atoms with Crippen LogP contribution in [0.4, 0.5) is 5.82 Å². The van der Waals surface area contributed by atoms with E-state index in [1.807, 2.05) is 37.3 Å². The summed E-state index contributed by atoms with van der Waals surface area (Å²) in [5, 5.41) is 11.0. The highest BCUT2D eigenvalue weighted by atomic mass is 32.1. The average molecular weight is 359 g/mol. The Hall–Kier alpha value is -1.92. The first-order chi connectivity index (χ1) is 12.0. The Labute approximate surface area is 152 Å². The number of hydrogen-bond donors (Lipinski definition) is 1. The Bertz CT molecular complexity index is 718. The minimum Gasteiger partial charge on any atom is -0.386 e. The van der Waals surface area contributed by atoms with Crippen LogP contribution in [0.5, 0.6) is 0 Å². The van der Waals surface area contributed by atoms with Crippen LogP contribution in [0.25, 0.3) is 0 Å². The van der Waals surface area contributed by atoms with Crippen molar-refractivity contribution in [2.45, 2.75) is 31.8 Å². The summed E-state index contributed by atoms with van der Waals surface area (Å²) in [6.07, 6.45) is 3.75. The predicted octanol–water partition coefficient (Wildman–Crippen LogP) is 2.48. The smallest absolute Gasteiger partial charge is 0.227 e. The highest BCUT2D eigenvalue weighted by molar-refractivity contribution is 7.12. The molecule has 0 spiro atoms. The zero-order valence-corrected chi connectivity index (χ0v) is 15.6. The van der Waals surface area contributed by atoms with Crippen molar-refractivity contribution in [3.8, 4) is 0 Å². The predicted molar refractivity (Wildman–Crippen MR) is 101 cm³/mol. The summed E-state index contributed by atoms with van der Waals surface area (Å²) in [4.78, 5) is 22.9. The van der Waals surface area contributed by atoms with E-state index < -0.39 is 5.60 Å². The number of nitrogens with zero attached hydrogens (tertiary/aromatic N) is 3. The lowest BCUT2D eigenvalue weighted by atomic mass is 9.92. The maximum Gasteiger partial charge on any atom is 0.227 e. The van der Waals surface area contributed by atoms with Crippen molar-refractivity contribution in [2.75, 3.05) is 31.6 Å². The molecule has 5 nitrogen and oxygen atoms in total. The van der Waals surface area contributed by atoms with Gasteiger partial charge in [0, 0.05) is 36.1 Å². The molecule has 2 aromatic rings. The number of amides is 1. The number of carbonyl (C=O) groups excluding carboxylic acids is 1. The number of pyridine rings is 1. The van der Waals surface area contributed by atoms with E-state index in [0.29, 0.717) is 25.9 Å². The fourth-order valence-electron chi connectivity index (χ4n) is 3.37. The van der Waals surface area contributed by atoms with Gasteiger partial charge in [-0.2, -0.15) is 0 Å². The quantitative estimate of drug-likeness (QED) is 0.891. The molecule has 134 valence electrons. The van der Waals surface area contributed by atoms with Gasteiger partial charge in [0.25, 0.3) is 0 Å². The van der Waals surface area contributed by atoms with Crippen LogP contribution in [-0.2, 0) is 11.2 Å². The van der Waals surface area contributed by atoms with E-state index >= 15 is 0 Å². The number of aryl methyl sites for hydroxylation is 1. The number of aliphatic hydroxyl groups is 1. The first-order valence-corrected chi connectivity index (χ1v) is 9.44. The number of β-amino-alcohol motifs (C(OH)–C–C–N with tert-alkyl or cyclic N) is 1. The van der Waals surface area contributed by atoms with Gasteiger partial charge < -0.3 is 14.9 Å². The average Bonchev–Trinajstić information content (AvgIpc) is 3.00. The SMILES string of the molecule is Cc1ccc(CC(=O)N(C)CC2(O)CCCN(c3ccccn3)C2)s1. The normalized spacial score (nSPS) is 20.5. The Morgan fingerprint density at radius 3 is 2.92 bits per heavy atom. The Balaban J connectivity index is 1.61. The Morgan fingerprint density at radius 2 is 2.24 bits per heavy atom. The number of anilines is 1. The molecule has 0 saturated carbocycles. The molecule has 1 atom stereocenters. The van der Waals surface area contributed by atoms with E-state index in [1.54, 1.807) is 29.5 Å². The van der Waals surface area contributed by atoms with E-state index in [9.17, 15) is 9.90 Å². The standard InChI is InChI=1S/C19H25N3O2S/c1-15-7-8-16(25-15)12-18(23)21(2)13-19(24)9-5-11-22(14-19)17-6-3-4-10-20-17/h3-4,6-8,10,24H,5,9,11-14H2,1-2H3. The van der Waals surface area contributed by atoms with Crippen LogP contribution in [0, 0.1) is 6.92 Å². The lowest BCUT2D eigenvalue weighted by Crippen LogP contribution is -2.55. The molecule has 6 heteroatoms. The van der Waals surface area contributed by atoms with Crippen LogP contribution < -0.4 is 4.90 Å². The van der Waals surface area contributed by atoms with E-state index in [0.717, 1.165) is 23.7 Å². The highest BCUT2D eigenvalue weighted by Crippen LogP contribution is 2.26. The molecule has 1 unspecified atom stereocenters. The second kappa shape index (κ2) is 7.54. The molecule has 3 heterocycles. The molecule has 0 aromatic carbocycles. The van der Waals surface area contributed by atoms with Crippen LogP contribution in [0.1, 0.15) is 22.6 Å². The van der Waals surface area contributed by atoms with Crippen molar-refractivity contribution < 1.29 is 9.90 Å². The number of carbonyl (C=O) groups is 1. The van der Waals surface area contributed by atoms with Gasteiger partial charge in [-0.1, -0.05) is 6.07 Å². The minimum atomic E-state index is -0.897. The van der Waals surface area contributed by atoms with Crippen molar-refractivity contribution in [1.29, 1.82) is 0 Å². The third-order valence-corrected chi connectivity index (χ3v) is 5.61. The first kappa shape index (κ1) is 17.9. The summed E-state index contributed by atoms with van der Waals surface area (Å²) in [5.74, 6) is 0.925. The molecule has 0 bridgehead atoms. The van der Waals surface area contributed by atoms with Crippen LogP contribution in [0.2, 0.25) is 0 Å². The molecule has 0 aliphatic carbocycles. The summed E-state index contributed by atoms with van der Waals surface area (Å²) in [6.45, 7) is 3.77. The third-order valence-electron chi connectivity index (χ3n) is 4.61. The van der Waals surface area contributed by atoms with Gasteiger partial charge in [0.2, 0.25) is 5.91 Å². The summed E-state index contributed by atoms with van der Waals surface area (Å²) in [7, 11) is 1.78. The van der Waals surface area contributed by atoms with Crippen LogP contribution in [0.3, 0.4) is 0 Å². The number of piperidine rings is 1. The Morgan fingerprint density at radius 1 is 1.40 bits per heavy atom. The van der Waals surface area contributed by atoms with Gasteiger partial charge in [-0.05, 0) is 44.0 Å². The number of thiophene rings is 1. The van der Waals surface area contributed by atoms with E-state index in [2.05, 4.69) is 9.88 Å². The number of rotatable bonds is 5. The van der Waals surface area contributed by atoms with Crippen LogP contribution >= 0.6 is 11.3 Å². The molecule has 3 rings (SSSR count). The molecule has 2 aromatic heterocycles. The van der Waals surface area contributed by atoms with Crippen molar-refractivity contribution >= 4 is 23.1 Å². The Kier molecular flexibility index (Phi) is 5.39. The highest BCUT2D eigenvalue weighted by Gasteiger charge is 2.35. The molecule has 1 saturated heterocycles. The zero-order chi connectivity index (χ0) is 17.9. The van der Waals surface area contributed by atoms with E-state index in [1.165, 1.54) is 4.88 Å². The lowest BCUT2D eigenvalue weighted by molar-refractivity contribution is -0.132. The van der Waals surface area contributed by atoms with Crippen molar-refractivity contribution in [3.05, 3.63) is 46.3 Å². The molecule has 1 aliphatic rings. The summed E-state index contributed by atoms with van der Waals surface area (Å²) >= 11 is 1.65. The van der Waals surface area contributed by atoms with Gasteiger partial charge in [-0.15, -0.1) is 11.3 Å². The van der Waals surface area contributed by atoms with Crippen LogP contribution in [0.15, 0.2) is 36.5 Å². The number of likely N-dealkylation sites (N-methyl/N-ethyl adjacent to an activating group) is 1. The van der Waals surface area contributed by atoms with Crippen molar-refractivity contribution in [1.82, 2.24) is 9.88 Å². The summed E-state index contributed by atoms with van der Waals surface area (Å²) < 4.78 is 0. The van der Waals surface area contributed by atoms with Crippen molar-refractivity contribution in [2.24, 2.45) is 0 Å². The molecule has 0 radical (unpaired) electrons. The third kappa shape index (κ3) is 4.58. The topological polar surface area (TPSA) is 56.7 Å². The van der Waals surface area contributed by atoms with Gasteiger partial charge in [-0.25, -0.2) is 4.98 Å². The fraction of sp³-hybridized carbons (Fsp3) is 0.474. The molecule has 1 N–H and O–H groups in total. The minimum absolute atomic E-state index is 0.0465. The molecular formula is C19H25N3O2S. The maximum absolute atomic E-state index is 12.5. The summed E-state index contributed by atoms with van der Waals surface area (Å²) in [5.41, 5.74) is -0.897. The molecule has 1 aliphatic heterocycles. The fourth-order valence-corrected chi connectivity index (χ4v) is 4.25. The second-order valence-electron chi connectivity index (χ2n) is 6.88. The number of aromatic nitrogens is 1. The van der Waals surface area contributed by atoms with Gasteiger partial charge in [-0.3, -0.25) is 4.79 Å². The molecule has 25 heavy (non-hydrogen) atoms. The monoisotopic (exact) mass is 359 g/mol. The zero-order valence-electron chi connectivity index (χ0n) is 14.8. The molecule has 1 fully saturated rings. The van der Waals surface area contributed by atoms with Gasteiger partial charge >= 0.3 is 0 Å². The lowest BCUT2D eigenvalue weighted by Gasteiger charge is -2.41. The van der Waals surface area contributed by atoms with Crippen molar-refractivity contribution in [3.63, 3.8) is 0 Å². The maximum atomic E-state index is 12.5. The summed E-state index contributed by atoms with van der Waals surface area (Å²) in [6, 6.07) is 9.84. The van der Waals surface area contributed by atoms with E-state index in [-0.39, 0.29) is 5.91 Å². The molecule has 1 amide bonds. The molecular weight excluding hydrogens is 334 g/mol.